The van der Waals surface area contributed by atoms with Gasteiger partial charge >= 0.3 is 0 Å². The van der Waals surface area contributed by atoms with Crippen molar-refractivity contribution in [1.82, 2.24) is 9.97 Å². The van der Waals surface area contributed by atoms with Gasteiger partial charge in [-0.15, -0.1) is 11.3 Å². The maximum absolute atomic E-state index is 5.53. The van der Waals surface area contributed by atoms with Crippen LogP contribution in [0.4, 0.5) is 0 Å². The highest BCUT2D eigenvalue weighted by atomic mass is 32.1. The third-order valence-corrected chi connectivity index (χ3v) is 11.8. The molecular weight excluding hydrogens is 685 g/mol. The van der Waals surface area contributed by atoms with E-state index in [-0.39, 0.29) is 0 Å². The minimum atomic E-state index is 0.950. The second-order valence-electron chi connectivity index (χ2n) is 14.3. The summed E-state index contributed by atoms with van der Waals surface area (Å²) in [6, 6.07) is 57.0. The lowest BCUT2D eigenvalue weighted by Gasteiger charge is -2.12. The first-order chi connectivity index (χ1) is 27.1. The van der Waals surface area contributed by atoms with Gasteiger partial charge in [0.1, 0.15) is 0 Å². The molecule has 0 amide bonds. The molecule has 2 nitrogen and oxygen atoms in total. The van der Waals surface area contributed by atoms with Crippen LogP contribution in [0.15, 0.2) is 158 Å². The van der Waals surface area contributed by atoms with Crippen LogP contribution >= 0.6 is 11.3 Å². The standard InChI is InChI=1S/C52H36N2S/c1-33-17-21-37(22-18-33)51-45-29-27-43(53-45)49(35-11-5-3-6-12-35)41-25-26-42(40-16-10-9-15-39(40)41)50(36-13-7-4-8-14-36)44-28-30-46(54-44)52(48-32-31-47(51)55-48)38-23-19-34(2)20-24-38/h3-32H,1-2H3. The van der Waals surface area contributed by atoms with Gasteiger partial charge in [0.15, 0.2) is 0 Å². The summed E-state index contributed by atoms with van der Waals surface area (Å²) >= 11 is 1.80. The van der Waals surface area contributed by atoms with Gasteiger partial charge in [0.25, 0.3) is 0 Å². The Hall–Kier alpha value is -6.68. The molecule has 0 saturated carbocycles. The molecule has 0 radical (unpaired) electrons. The van der Waals surface area contributed by atoms with Gasteiger partial charge in [-0.2, -0.15) is 0 Å². The van der Waals surface area contributed by atoms with Gasteiger partial charge < -0.3 is 0 Å². The van der Waals surface area contributed by atoms with E-state index in [1.54, 1.807) is 11.3 Å². The summed E-state index contributed by atoms with van der Waals surface area (Å²) in [4.78, 5) is 11.1. The Morgan fingerprint density at radius 2 is 0.655 bits per heavy atom. The zero-order valence-electron chi connectivity index (χ0n) is 30.6. The molecule has 9 aromatic rings. The van der Waals surface area contributed by atoms with Crippen LogP contribution in [0.1, 0.15) is 33.9 Å². The third kappa shape index (κ3) is 5.90. The molecule has 3 aromatic heterocycles. The molecule has 0 saturated heterocycles. The maximum Gasteiger partial charge on any atom is 0.0730 e. The summed E-state index contributed by atoms with van der Waals surface area (Å²) in [7, 11) is 0. The number of fused-ring (bicyclic) bond motifs is 1. The number of rotatable bonds is 4. The van der Waals surface area contributed by atoms with Crippen molar-refractivity contribution >= 4 is 66.6 Å². The summed E-state index contributed by atoms with van der Waals surface area (Å²) < 4.78 is 2.33. The molecule has 55 heavy (non-hydrogen) atoms. The Morgan fingerprint density at radius 3 is 1.05 bits per heavy atom. The van der Waals surface area contributed by atoms with Crippen molar-refractivity contribution in [1.29, 1.82) is 0 Å². The predicted octanol–water partition coefficient (Wildman–Crippen LogP) is 14.5. The normalized spacial score (nSPS) is 12.0. The Labute approximate surface area is 325 Å². The van der Waals surface area contributed by atoms with Crippen molar-refractivity contribution in [2.75, 3.05) is 0 Å². The minimum absolute atomic E-state index is 0.950. The second kappa shape index (κ2) is 13.6. The van der Waals surface area contributed by atoms with Gasteiger partial charge in [-0.05, 0) is 94.1 Å². The van der Waals surface area contributed by atoms with E-state index in [4.69, 9.17) is 9.97 Å². The molecule has 0 fully saturated rings. The molecule has 0 aliphatic carbocycles. The van der Waals surface area contributed by atoms with Crippen molar-refractivity contribution in [2.45, 2.75) is 13.8 Å². The molecule has 3 heteroatoms. The number of thiophene rings is 1. The van der Waals surface area contributed by atoms with Crippen molar-refractivity contribution in [3.63, 3.8) is 0 Å². The minimum Gasteiger partial charge on any atom is -0.248 e. The van der Waals surface area contributed by atoms with Crippen LogP contribution in [-0.4, -0.2) is 9.97 Å². The molecule has 2 aliphatic heterocycles. The van der Waals surface area contributed by atoms with Crippen LogP contribution in [0.25, 0.3) is 99.8 Å². The Balaban J connectivity index is 1.45. The monoisotopic (exact) mass is 720 g/mol. The molecule has 2 aliphatic rings. The molecule has 260 valence electrons. The van der Waals surface area contributed by atoms with E-state index in [0.29, 0.717) is 0 Å². The van der Waals surface area contributed by atoms with Crippen molar-refractivity contribution < 1.29 is 0 Å². The van der Waals surface area contributed by atoms with Gasteiger partial charge in [-0.3, -0.25) is 0 Å². The van der Waals surface area contributed by atoms with E-state index in [1.807, 2.05) is 0 Å². The fourth-order valence-electron chi connectivity index (χ4n) is 7.99. The van der Waals surface area contributed by atoms with Crippen LogP contribution in [-0.2, 0) is 0 Å². The SMILES string of the molecule is Cc1ccc(-c2c3nc(c(-c4ccccc4)c4ccc(c(-c5ccccc5)c5nc(c(-c6ccc(C)cc6)c6ccc2s6)C=C5)c2ccccc42)C=C3)cc1. The fraction of sp³-hybridized carbons (Fsp3) is 0.0385. The van der Waals surface area contributed by atoms with Gasteiger partial charge in [-0.25, -0.2) is 9.97 Å². The molecule has 0 unspecified atom stereocenters. The predicted molar refractivity (Wildman–Crippen MR) is 237 cm³/mol. The van der Waals surface area contributed by atoms with Crippen molar-refractivity contribution in [3.8, 4) is 44.5 Å². The van der Waals surface area contributed by atoms with Gasteiger partial charge in [0.05, 0.1) is 22.8 Å². The Kier molecular flexibility index (Phi) is 8.16. The number of aromatic nitrogens is 2. The van der Waals surface area contributed by atoms with Crippen molar-refractivity contribution in [3.05, 3.63) is 192 Å². The van der Waals surface area contributed by atoms with E-state index in [0.717, 1.165) is 87.5 Å². The summed E-state index contributed by atoms with van der Waals surface area (Å²) in [5.41, 5.74) is 15.3. The summed E-state index contributed by atoms with van der Waals surface area (Å²) in [6.07, 6.45) is 8.80. The molecule has 5 heterocycles. The topological polar surface area (TPSA) is 25.8 Å². The summed E-state index contributed by atoms with van der Waals surface area (Å²) in [5, 5.41) is 4.64. The number of aryl methyl sites for hydroxylation is 2. The first-order valence-electron chi connectivity index (χ1n) is 18.7. The quantitative estimate of drug-likeness (QED) is 0.181. The fourth-order valence-corrected chi connectivity index (χ4v) is 9.15. The summed E-state index contributed by atoms with van der Waals surface area (Å²) in [6.45, 7) is 4.28. The number of hydrogen-bond donors (Lipinski definition) is 0. The van der Waals surface area contributed by atoms with Crippen LogP contribution in [0.3, 0.4) is 0 Å². The number of hydrogen-bond acceptors (Lipinski definition) is 3. The third-order valence-electron chi connectivity index (χ3n) is 10.7. The lowest BCUT2D eigenvalue weighted by Crippen LogP contribution is -1.90. The van der Waals surface area contributed by atoms with E-state index >= 15 is 0 Å². The molecule has 0 N–H and O–H groups in total. The smallest absolute Gasteiger partial charge is 0.0730 e. The zero-order chi connectivity index (χ0) is 36.9. The Morgan fingerprint density at radius 1 is 0.309 bits per heavy atom. The molecule has 8 bridgehead atoms. The van der Waals surface area contributed by atoms with Gasteiger partial charge in [0, 0.05) is 31.7 Å². The highest BCUT2D eigenvalue weighted by Crippen LogP contribution is 2.43. The largest absolute Gasteiger partial charge is 0.248 e. The van der Waals surface area contributed by atoms with Crippen molar-refractivity contribution in [2.24, 2.45) is 0 Å². The molecule has 11 rings (SSSR count). The molecule has 0 spiro atoms. The van der Waals surface area contributed by atoms with E-state index in [9.17, 15) is 0 Å². The Bertz CT molecular complexity index is 2800. The molecular formula is C52H36N2S. The number of benzene rings is 6. The maximum atomic E-state index is 5.53. The van der Waals surface area contributed by atoms with E-state index in [2.05, 4.69) is 196 Å². The number of nitrogens with zero attached hydrogens (tertiary/aromatic N) is 2. The zero-order valence-corrected chi connectivity index (χ0v) is 31.4. The van der Waals surface area contributed by atoms with E-state index < -0.39 is 0 Å². The van der Waals surface area contributed by atoms with Crippen LogP contribution in [0.5, 0.6) is 0 Å². The average Bonchev–Trinajstić information content (AvgIpc) is 4.02. The molecule has 0 atom stereocenters. The van der Waals surface area contributed by atoms with Gasteiger partial charge in [-0.1, -0.05) is 157 Å². The average molecular weight is 721 g/mol. The lowest BCUT2D eigenvalue weighted by atomic mass is 9.92. The second-order valence-corrected chi connectivity index (χ2v) is 15.3. The van der Waals surface area contributed by atoms with Crippen LogP contribution in [0.2, 0.25) is 0 Å². The van der Waals surface area contributed by atoms with Crippen LogP contribution in [0, 0.1) is 13.8 Å². The van der Waals surface area contributed by atoms with E-state index in [1.165, 1.54) is 21.9 Å². The highest BCUT2D eigenvalue weighted by Gasteiger charge is 2.19. The summed E-state index contributed by atoms with van der Waals surface area (Å²) in [5.74, 6) is 0. The first-order valence-corrected chi connectivity index (χ1v) is 19.6. The molecule has 6 aromatic carbocycles. The first kappa shape index (κ1) is 32.9. The lowest BCUT2D eigenvalue weighted by molar-refractivity contribution is 1.32. The highest BCUT2D eigenvalue weighted by molar-refractivity contribution is 7.24. The van der Waals surface area contributed by atoms with Gasteiger partial charge in [0.2, 0.25) is 0 Å². The van der Waals surface area contributed by atoms with Crippen LogP contribution < -0.4 is 0 Å².